The summed E-state index contributed by atoms with van der Waals surface area (Å²) in [6.07, 6.45) is 0. The van der Waals surface area contributed by atoms with Gasteiger partial charge >= 0.3 is 0 Å². The zero-order chi connectivity index (χ0) is 12.1. The largest absolute Gasteiger partial charge is 0.430 e. The number of hydrogen-bond acceptors (Lipinski definition) is 5. The molecule has 17 heavy (non-hydrogen) atoms. The highest BCUT2D eigenvalue weighted by Gasteiger charge is 2.05. The molecule has 0 saturated heterocycles. The second kappa shape index (κ2) is 5.75. The molecule has 0 bridgehead atoms. The van der Waals surface area contributed by atoms with Crippen LogP contribution in [0, 0.1) is 6.92 Å². The number of aryl methyl sites for hydroxylation is 1. The molecule has 0 unspecified atom stereocenters. The van der Waals surface area contributed by atoms with E-state index in [0.717, 1.165) is 23.8 Å². The Morgan fingerprint density at radius 2 is 2.00 bits per heavy atom. The third kappa shape index (κ3) is 3.51. The van der Waals surface area contributed by atoms with Gasteiger partial charge in [-0.2, -0.15) is 0 Å². The summed E-state index contributed by atoms with van der Waals surface area (Å²) in [4.78, 5) is 0. The van der Waals surface area contributed by atoms with E-state index < -0.39 is 0 Å². The van der Waals surface area contributed by atoms with Crippen LogP contribution in [0.15, 0.2) is 24.3 Å². The third-order valence-electron chi connectivity index (χ3n) is 2.20. The molecule has 0 radical (unpaired) electrons. The van der Waals surface area contributed by atoms with Gasteiger partial charge in [-0.25, -0.2) is 0 Å². The molecule has 0 aliphatic rings. The van der Waals surface area contributed by atoms with Crippen molar-refractivity contribution in [2.24, 2.45) is 0 Å². The van der Waals surface area contributed by atoms with Gasteiger partial charge in [0.25, 0.3) is 5.19 Å². The van der Waals surface area contributed by atoms with Crippen molar-refractivity contribution in [1.82, 2.24) is 15.5 Å². The van der Waals surface area contributed by atoms with E-state index in [0.29, 0.717) is 5.19 Å². The van der Waals surface area contributed by atoms with Crippen LogP contribution in [0.1, 0.15) is 17.5 Å². The molecule has 90 valence electrons. The highest BCUT2D eigenvalue weighted by atomic mass is 32.1. The van der Waals surface area contributed by atoms with E-state index in [1.807, 2.05) is 31.2 Å². The maximum absolute atomic E-state index is 5.61. The first-order valence-electron chi connectivity index (χ1n) is 5.55. The topological polar surface area (TPSA) is 47.0 Å². The molecule has 0 aliphatic carbocycles. The predicted octanol–water partition coefficient (Wildman–Crippen LogP) is 2.75. The molecule has 1 aromatic heterocycles. The van der Waals surface area contributed by atoms with Crippen LogP contribution in [0.4, 0.5) is 0 Å². The Labute approximate surface area is 105 Å². The zero-order valence-electron chi connectivity index (χ0n) is 9.93. The molecule has 1 heterocycles. The maximum atomic E-state index is 5.61. The number of hydrogen-bond donors (Lipinski definition) is 1. The van der Waals surface area contributed by atoms with Crippen molar-refractivity contribution >= 4 is 11.3 Å². The maximum Gasteiger partial charge on any atom is 0.299 e. The number of ether oxygens (including phenoxy) is 1. The van der Waals surface area contributed by atoms with Crippen LogP contribution in [-0.2, 0) is 6.54 Å². The van der Waals surface area contributed by atoms with Gasteiger partial charge in [0.2, 0.25) is 0 Å². The Bertz CT molecular complexity index is 467. The molecule has 0 atom stereocenters. The smallest absolute Gasteiger partial charge is 0.299 e. The van der Waals surface area contributed by atoms with Gasteiger partial charge in [0.15, 0.2) is 0 Å². The summed E-state index contributed by atoms with van der Waals surface area (Å²) in [7, 11) is 0. The minimum absolute atomic E-state index is 0.585. The Morgan fingerprint density at radius 1 is 1.24 bits per heavy atom. The lowest BCUT2D eigenvalue weighted by Gasteiger charge is -2.00. The first-order valence-corrected chi connectivity index (χ1v) is 6.37. The predicted molar refractivity (Wildman–Crippen MR) is 68.5 cm³/mol. The number of nitrogens with zero attached hydrogens (tertiary/aromatic N) is 2. The lowest BCUT2D eigenvalue weighted by atomic mass is 10.2. The summed E-state index contributed by atoms with van der Waals surface area (Å²) in [5.74, 6) is 0.793. The van der Waals surface area contributed by atoms with Gasteiger partial charge in [0.1, 0.15) is 10.8 Å². The molecule has 2 rings (SSSR count). The van der Waals surface area contributed by atoms with Crippen molar-refractivity contribution in [3.8, 4) is 10.9 Å². The van der Waals surface area contributed by atoms with Crippen LogP contribution in [0.5, 0.6) is 10.9 Å². The van der Waals surface area contributed by atoms with E-state index in [9.17, 15) is 0 Å². The number of benzene rings is 1. The zero-order valence-corrected chi connectivity index (χ0v) is 10.8. The lowest BCUT2D eigenvalue weighted by molar-refractivity contribution is 0.473. The van der Waals surface area contributed by atoms with Crippen molar-refractivity contribution in [3.05, 3.63) is 34.8 Å². The molecule has 0 fully saturated rings. The fourth-order valence-corrected chi connectivity index (χ4v) is 1.97. The Kier molecular flexibility index (Phi) is 4.06. The molecule has 1 aromatic carbocycles. The first-order chi connectivity index (χ1) is 8.28. The van der Waals surface area contributed by atoms with Gasteiger partial charge in [0.05, 0.1) is 0 Å². The van der Waals surface area contributed by atoms with E-state index in [1.54, 1.807) is 0 Å². The Hall–Kier alpha value is -1.46. The van der Waals surface area contributed by atoms with Crippen LogP contribution in [0.25, 0.3) is 0 Å². The van der Waals surface area contributed by atoms with Crippen LogP contribution in [-0.4, -0.2) is 16.7 Å². The molecule has 1 N–H and O–H groups in total. The number of rotatable bonds is 5. The molecular formula is C12H15N3OS. The molecule has 5 heteroatoms. The summed E-state index contributed by atoms with van der Waals surface area (Å²) < 4.78 is 5.61. The monoisotopic (exact) mass is 249 g/mol. The van der Waals surface area contributed by atoms with E-state index in [4.69, 9.17) is 4.74 Å². The fraction of sp³-hybridized carbons (Fsp3) is 0.333. The molecule has 2 aromatic rings. The molecular weight excluding hydrogens is 234 g/mol. The fourth-order valence-electron chi connectivity index (χ4n) is 1.29. The standard InChI is InChI=1S/C12H15N3OS/c1-3-13-8-11-14-15-12(17-11)16-10-6-4-9(2)5-7-10/h4-7,13H,3,8H2,1-2H3. The minimum atomic E-state index is 0.585. The van der Waals surface area contributed by atoms with E-state index >= 15 is 0 Å². The molecule has 0 spiro atoms. The first kappa shape index (κ1) is 12.0. The molecule has 0 aliphatic heterocycles. The van der Waals surface area contributed by atoms with Crippen molar-refractivity contribution < 1.29 is 4.74 Å². The van der Waals surface area contributed by atoms with Crippen molar-refractivity contribution in [1.29, 1.82) is 0 Å². The summed E-state index contributed by atoms with van der Waals surface area (Å²) in [6, 6.07) is 7.88. The van der Waals surface area contributed by atoms with Gasteiger partial charge in [-0.1, -0.05) is 41.1 Å². The Balaban J connectivity index is 1.98. The van der Waals surface area contributed by atoms with Gasteiger partial charge in [-0.15, -0.1) is 5.10 Å². The summed E-state index contributed by atoms with van der Waals surface area (Å²) in [5.41, 5.74) is 1.21. The molecule has 4 nitrogen and oxygen atoms in total. The number of nitrogens with one attached hydrogen (secondary N) is 1. The average Bonchev–Trinajstić information content (AvgIpc) is 2.77. The van der Waals surface area contributed by atoms with E-state index in [-0.39, 0.29) is 0 Å². The number of aromatic nitrogens is 2. The van der Waals surface area contributed by atoms with E-state index in [1.165, 1.54) is 16.9 Å². The van der Waals surface area contributed by atoms with E-state index in [2.05, 4.69) is 22.4 Å². The quantitative estimate of drug-likeness (QED) is 0.885. The summed E-state index contributed by atoms with van der Waals surface area (Å²) >= 11 is 1.46. The van der Waals surface area contributed by atoms with Crippen LogP contribution in [0.3, 0.4) is 0 Å². The second-order valence-corrected chi connectivity index (χ2v) is 4.68. The minimum Gasteiger partial charge on any atom is -0.430 e. The van der Waals surface area contributed by atoms with Gasteiger partial charge in [0, 0.05) is 6.54 Å². The average molecular weight is 249 g/mol. The third-order valence-corrected chi connectivity index (χ3v) is 3.00. The van der Waals surface area contributed by atoms with Gasteiger partial charge in [-0.05, 0) is 25.6 Å². The van der Waals surface area contributed by atoms with Gasteiger partial charge in [-0.3, -0.25) is 0 Å². The van der Waals surface area contributed by atoms with Crippen molar-refractivity contribution in [3.63, 3.8) is 0 Å². The normalized spacial score (nSPS) is 10.5. The second-order valence-electron chi connectivity index (χ2n) is 3.66. The molecule has 0 saturated carbocycles. The van der Waals surface area contributed by atoms with Crippen molar-refractivity contribution in [2.45, 2.75) is 20.4 Å². The van der Waals surface area contributed by atoms with Crippen molar-refractivity contribution in [2.75, 3.05) is 6.54 Å². The summed E-state index contributed by atoms with van der Waals surface area (Å²) in [5, 5.41) is 12.8. The highest BCUT2D eigenvalue weighted by molar-refractivity contribution is 7.13. The Morgan fingerprint density at radius 3 is 2.71 bits per heavy atom. The van der Waals surface area contributed by atoms with Crippen LogP contribution >= 0.6 is 11.3 Å². The summed E-state index contributed by atoms with van der Waals surface area (Å²) in [6.45, 7) is 5.77. The van der Waals surface area contributed by atoms with Crippen LogP contribution in [0.2, 0.25) is 0 Å². The highest BCUT2D eigenvalue weighted by Crippen LogP contribution is 2.24. The van der Waals surface area contributed by atoms with Crippen LogP contribution < -0.4 is 10.1 Å². The molecule has 0 amide bonds. The SMILES string of the molecule is CCNCc1nnc(Oc2ccc(C)cc2)s1. The van der Waals surface area contributed by atoms with Gasteiger partial charge < -0.3 is 10.1 Å². The lowest BCUT2D eigenvalue weighted by Crippen LogP contribution is -2.11.